The van der Waals surface area contributed by atoms with Gasteiger partial charge in [0.15, 0.2) is 5.96 Å². The summed E-state index contributed by atoms with van der Waals surface area (Å²) in [6, 6.07) is 10.8. The van der Waals surface area contributed by atoms with Crippen LogP contribution in [0.3, 0.4) is 0 Å². The molecule has 1 aliphatic heterocycles. The Morgan fingerprint density at radius 3 is 2.55 bits per heavy atom. The molecule has 29 heavy (non-hydrogen) atoms. The maximum absolute atomic E-state index is 4.45. The van der Waals surface area contributed by atoms with Crippen LogP contribution >= 0.6 is 11.3 Å². The van der Waals surface area contributed by atoms with E-state index in [2.05, 4.69) is 67.7 Å². The number of aromatic nitrogens is 1. The van der Waals surface area contributed by atoms with Crippen molar-refractivity contribution in [3.8, 4) is 0 Å². The first-order valence-electron chi connectivity index (χ1n) is 10.6. The van der Waals surface area contributed by atoms with E-state index in [-0.39, 0.29) is 0 Å². The van der Waals surface area contributed by atoms with Crippen molar-refractivity contribution in [1.82, 2.24) is 25.4 Å². The first-order valence-corrected chi connectivity index (χ1v) is 11.4. The van der Waals surface area contributed by atoms with Crippen molar-refractivity contribution >= 4 is 17.3 Å². The minimum Gasteiger partial charge on any atom is -0.356 e. The fraction of sp³-hybridized carbons (Fsp3) is 0.545. The highest BCUT2D eigenvalue weighted by molar-refractivity contribution is 7.11. The highest BCUT2D eigenvalue weighted by Crippen LogP contribution is 2.12. The van der Waals surface area contributed by atoms with Crippen LogP contribution in [-0.4, -0.2) is 67.1 Å². The highest BCUT2D eigenvalue weighted by atomic mass is 32.1. The summed E-state index contributed by atoms with van der Waals surface area (Å²) < 4.78 is 0. The van der Waals surface area contributed by atoms with Gasteiger partial charge >= 0.3 is 0 Å². The Bertz CT molecular complexity index is 737. The van der Waals surface area contributed by atoms with Gasteiger partial charge < -0.3 is 15.5 Å². The molecule has 0 amide bonds. The normalized spacial score (nSPS) is 16.1. The summed E-state index contributed by atoms with van der Waals surface area (Å²) >= 11 is 1.77. The van der Waals surface area contributed by atoms with Crippen LogP contribution < -0.4 is 10.6 Å². The van der Waals surface area contributed by atoms with Gasteiger partial charge in [0.05, 0.1) is 6.54 Å². The van der Waals surface area contributed by atoms with Crippen molar-refractivity contribution in [1.29, 1.82) is 0 Å². The Morgan fingerprint density at radius 2 is 1.86 bits per heavy atom. The van der Waals surface area contributed by atoms with Gasteiger partial charge in [0.2, 0.25) is 0 Å². The number of nitrogens with one attached hydrogen (secondary N) is 2. The van der Waals surface area contributed by atoms with E-state index < -0.39 is 0 Å². The number of hydrogen-bond acceptors (Lipinski definition) is 5. The van der Waals surface area contributed by atoms with Crippen LogP contribution in [0, 0.1) is 0 Å². The van der Waals surface area contributed by atoms with Gasteiger partial charge in [-0.2, -0.15) is 0 Å². The molecule has 0 bridgehead atoms. The minimum atomic E-state index is 0.730. The number of piperazine rings is 1. The van der Waals surface area contributed by atoms with Crippen LogP contribution in [0.1, 0.15) is 28.8 Å². The topological polar surface area (TPSA) is 55.8 Å². The van der Waals surface area contributed by atoms with E-state index in [1.165, 1.54) is 10.4 Å². The largest absolute Gasteiger partial charge is 0.356 e. The molecule has 0 radical (unpaired) electrons. The molecule has 2 N–H and O–H groups in total. The Hall–Kier alpha value is -1.96. The lowest BCUT2D eigenvalue weighted by molar-refractivity contribution is 0.126. The smallest absolute Gasteiger partial charge is 0.191 e. The molecule has 0 atom stereocenters. The van der Waals surface area contributed by atoms with E-state index in [9.17, 15) is 0 Å². The zero-order valence-electron chi connectivity index (χ0n) is 17.7. The SMILES string of the molecule is CCc1cnc(CNC(=NC)NCCCN2CCN(Cc3ccccc3)CC2)s1. The van der Waals surface area contributed by atoms with Gasteiger partial charge in [-0.3, -0.25) is 9.89 Å². The number of guanidine groups is 1. The van der Waals surface area contributed by atoms with E-state index in [0.29, 0.717) is 0 Å². The van der Waals surface area contributed by atoms with Gasteiger partial charge in [0, 0.05) is 57.4 Å². The number of aliphatic imine (C=N–C) groups is 1. The van der Waals surface area contributed by atoms with Crippen LogP contribution in [0.4, 0.5) is 0 Å². The molecular weight excluding hydrogens is 380 g/mol. The predicted molar refractivity (Wildman–Crippen MR) is 122 cm³/mol. The van der Waals surface area contributed by atoms with Crippen molar-refractivity contribution in [2.75, 3.05) is 46.3 Å². The number of rotatable bonds is 9. The number of thiazole rings is 1. The third-order valence-electron chi connectivity index (χ3n) is 5.24. The average molecular weight is 415 g/mol. The lowest BCUT2D eigenvalue weighted by Gasteiger charge is -2.34. The molecule has 0 aliphatic carbocycles. The summed E-state index contributed by atoms with van der Waals surface area (Å²) in [6.07, 6.45) is 4.14. The van der Waals surface area contributed by atoms with Gasteiger partial charge in [0.25, 0.3) is 0 Å². The molecule has 2 aromatic rings. The summed E-state index contributed by atoms with van der Waals surface area (Å²) in [6.45, 7) is 10.6. The summed E-state index contributed by atoms with van der Waals surface area (Å²) in [7, 11) is 1.82. The highest BCUT2D eigenvalue weighted by Gasteiger charge is 2.16. The van der Waals surface area contributed by atoms with Crippen molar-refractivity contribution in [3.05, 3.63) is 52.0 Å². The molecule has 158 valence electrons. The second kappa shape index (κ2) is 11.9. The lowest BCUT2D eigenvalue weighted by atomic mass is 10.2. The molecule has 6 nitrogen and oxygen atoms in total. The quantitative estimate of drug-likeness (QED) is 0.375. The van der Waals surface area contributed by atoms with Crippen molar-refractivity contribution in [2.24, 2.45) is 4.99 Å². The second-order valence-corrected chi connectivity index (χ2v) is 8.58. The molecule has 0 spiro atoms. The Labute approximate surface area is 179 Å². The molecule has 3 rings (SSSR count). The van der Waals surface area contributed by atoms with Crippen LogP contribution in [0.15, 0.2) is 41.5 Å². The Balaban J connectivity index is 1.27. The van der Waals surface area contributed by atoms with Crippen molar-refractivity contribution in [3.63, 3.8) is 0 Å². The minimum absolute atomic E-state index is 0.730. The maximum Gasteiger partial charge on any atom is 0.191 e. The summed E-state index contributed by atoms with van der Waals surface area (Å²) in [5.74, 6) is 0.853. The van der Waals surface area contributed by atoms with E-state index >= 15 is 0 Å². The number of benzene rings is 1. The van der Waals surface area contributed by atoms with Gasteiger partial charge in [-0.15, -0.1) is 11.3 Å². The number of hydrogen-bond donors (Lipinski definition) is 2. The van der Waals surface area contributed by atoms with Crippen LogP contribution in [0.5, 0.6) is 0 Å². The molecule has 1 aromatic carbocycles. The van der Waals surface area contributed by atoms with Crippen molar-refractivity contribution in [2.45, 2.75) is 32.9 Å². The fourth-order valence-electron chi connectivity index (χ4n) is 3.50. The summed E-state index contributed by atoms with van der Waals surface area (Å²) in [5.41, 5.74) is 1.41. The zero-order chi connectivity index (χ0) is 20.3. The predicted octanol–water partition coefficient (Wildman–Crippen LogP) is 2.58. The molecule has 0 saturated carbocycles. The van der Waals surface area contributed by atoms with Crippen LogP contribution in [-0.2, 0) is 19.5 Å². The lowest BCUT2D eigenvalue weighted by Crippen LogP contribution is -2.46. The molecule has 1 fully saturated rings. The van der Waals surface area contributed by atoms with E-state index in [0.717, 1.165) is 76.2 Å². The van der Waals surface area contributed by atoms with Crippen LogP contribution in [0.25, 0.3) is 0 Å². The van der Waals surface area contributed by atoms with Crippen LogP contribution in [0.2, 0.25) is 0 Å². The molecule has 7 heteroatoms. The standard InChI is InChI=1S/C22H34N6S/c1-3-20-16-25-21(29-20)17-26-22(23-2)24-10-7-11-27-12-14-28(15-13-27)18-19-8-5-4-6-9-19/h4-6,8-9,16H,3,7,10-15,17-18H2,1-2H3,(H2,23,24,26). The van der Waals surface area contributed by atoms with Gasteiger partial charge in [-0.1, -0.05) is 37.3 Å². The van der Waals surface area contributed by atoms with Gasteiger partial charge in [0.1, 0.15) is 5.01 Å². The third-order valence-corrected chi connectivity index (χ3v) is 6.38. The van der Waals surface area contributed by atoms with Crippen molar-refractivity contribution < 1.29 is 0 Å². The van der Waals surface area contributed by atoms with Gasteiger partial charge in [-0.05, 0) is 24.9 Å². The van der Waals surface area contributed by atoms with E-state index in [1.807, 2.05) is 13.2 Å². The number of nitrogens with zero attached hydrogens (tertiary/aromatic N) is 4. The Morgan fingerprint density at radius 1 is 1.10 bits per heavy atom. The van der Waals surface area contributed by atoms with Gasteiger partial charge in [-0.25, -0.2) is 4.98 Å². The maximum atomic E-state index is 4.45. The molecular formula is C22H34N6S. The Kier molecular flexibility index (Phi) is 8.92. The third kappa shape index (κ3) is 7.42. The monoisotopic (exact) mass is 414 g/mol. The first kappa shape index (κ1) is 21.7. The fourth-order valence-corrected chi connectivity index (χ4v) is 4.30. The molecule has 1 saturated heterocycles. The molecule has 1 aliphatic rings. The zero-order valence-corrected chi connectivity index (χ0v) is 18.5. The second-order valence-electron chi connectivity index (χ2n) is 7.38. The molecule has 0 unspecified atom stereocenters. The number of aryl methyl sites for hydroxylation is 1. The van der Waals surface area contributed by atoms with E-state index in [4.69, 9.17) is 0 Å². The first-order chi connectivity index (χ1) is 14.3. The molecule has 2 heterocycles. The van der Waals surface area contributed by atoms with E-state index in [1.54, 1.807) is 11.3 Å². The summed E-state index contributed by atoms with van der Waals surface area (Å²) in [5, 5.41) is 7.89. The summed E-state index contributed by atoms with van der Waals surface area (Å²) in [4.78, 5) is 15.2. The molecule has 1 aromatic heterocycles. The average Bonchev–Trinajstić information content (AvgIpc) is 3.23.